The van der Waals surface area contributed by atoms with Crippen molar-refractivity contribution in [3.05, 3.63) is 0 Å². The fourth-order valence-corrected chi connectivity index (χ4v) is 3.01. The molecule has 0 aromatic carbocycles. The SMILES string of the molecule is CCC1CC(=O)N(CCCC(=O)N2CC[C@H](C)C2)C1=O. The van der Waals surface area contributed by atoms with E-state index in [9.17, 15) is 14.4 Å². The third-order valence-electron chi connectivity index (χ3n) is 4.38. The summed E-state index contributed by atoms with van der Waals surface area (Å²) in [6.45, 7) is 6.16. The third kappa shape index (κ3) is 3.19. The number of hydrogen-bond acceptors (Lipinski definition) is 3. The normalized spacial score (nSPS) is 26.7. The van der Waals surface area contributed by atoms with Crippen molar-refractivity contribution >= 4 is 17.7 Å². The van der Waals surface area contributed by atoms with Gasteiger partial charge in [-0.25, -0.2) is 0 Å². The Bertz CT molecular complexity index is 408. The van der Waals surface area contributed by atoms with E-state index in [1.54, 1.807) is 0 Å². The van der Waals surface area contributed by atoms with E-state index in [0.717, 1.165) is 19.5 Å². The summed E-state index contributed by atoms with van der Waals surface area (Å²) in [7, 11) is 0. The molecule has 5 nitrogen and oxygen atoms in total. The summed E-state index contributed by atoms with van der Waals surface area (Å²) < 4.78 is 0. The molecule has 0 radical (unpaired) electrons. The lowest BCUT2D eigenvalue weighted by Crippen LogP contribution is -2.33. The molecule has 2 rings (SSSR count). The molecule has 0 aromatic heterocycles. The maximum atomic E-state index is 12.0. The first kappa shape index (κ1) is 15.0. The lowest BCUT2D eigenvalue weighted by atomic mass is 10.1. The van der Waals surface area contributed by atoms with Gasteiger partial charge in [0.1, 0.15) is 0 Å². The van der Waals surface area contributed by atoms with Crippen molar-refractivity contribution < 1.29 is 14.4 Å². The molecule has 0 saturated carbocycles. The average Bonchev–Trinajstić information content (AvgIpc) is 2.96. The molecule has 0 bridgehead atoms. The van der Waals surface area contributed by atoms with Crippen LogP contribution >= 0.6 is 0 Å². The van der Waals surface area contributed by atoms with Gasteiger partial charge in [-0.3, -0.25) is 19.3 Å². The van der Waals surface area contributed by atoms with Gasteiger partial charge in [0.15, 0.2) is 0 Å². The molecular formula is C15H24N2O3. The zero-order valence-corrected chi connectivity index (χ0v) is 12.4. The van der Waals surface area contributed by atoms with Gasteiger partial charge < -0.3 is 4.90 Å². The minimum absolute atomic E-state index is 0.0558. The summed E-state index contributed by atoms with van der Waals surface area (Å²) in [5, 5.41) is 0. The van der Waals surface area contributed by atoms with E-state index < -0.39 is 0 Å². The summed E-state index contributed by atoms with van der Waals surface area (Å²) in [5.74, 6) is 0.466. The second kappa shape index (κ2) is 6.37. The van der Waals surface area contributed by atoms with Crippen LogP contribution in [-0.4, -0.2) is 47.2 Å². The number of amides is 3. The standard InChI is InChI=1S/C15H24N2O3/c1-3-12-9-14(19)17(15(12)20)7-4-5-13(18)16-8-6-11(2)10-16/h11-12H,3-10H2,1-2H3/t11-,12?/m0/s1. The van der Waals surface area contributed by atoms with Crippen LogP contribution in [0.3, 0.4) is 0 Å². The Morgan fingerprint density at radius 3 is 2.65 bits per heavy atom. The van der Waals surface area contributed by atoms with E-state index in [4.69, 9.17) is 0 Å². The molecule has 0 aromatic rings. The van der Waals surface area contributed by atoms with Crippen LogP contribution < -0.4 is 0 Å². The van der Waals surface area contributed by atoms with Gasteiger partial charge in [-0.1, -0.05) is 13.8 Å². The van der Waals surface area contributed by atoms with E-state index in [-0.39, 0.29) is 23.6 Å². The highest BCUT2D eigenvalue weighted by molar-refractivity contribution is 6.03. The molecule has 112 valence electrons. The fourth-order valence-electron chi connectivity index (χ4n) is 3.01. The fraction of sp³-hybridized carbons (Fsp3) is 0.800. The average molecular weight is 280 g/mol. The monoisotopic (exact) mass is 280 g/mol. The van der Waals surface area contributed by atoms with Gasteiger partial charge in [-0.05, 0) is 25.2 Å². The van der Waals surface area contributed by atoms with Gasteiger partial charge >= 0.3 is 0 Å². The summed E-state index contributed by atoms with van der Waals surface area (Å²) in [6, 6.07) is 0. The van der Waals surface area contributed by atoms with Gasteiger partial charge in [0.05, 0.1) is 0 Å². The molecule has 2 heterocycles. The van der Waals surface area contributed by atoms with Crippen LogP contribution in [0.5, 0.6) is 0 Å². The molecule has 2 aliphatic heterocycles. The van der Waals surface area contributed by atoms with Crippen molar-refractivity contribution in [2.45, 2.75) is 46.0 Å². The molecule has 0 aliphatic carbocycles. The first-order valence-electron chi connectivity index (χ1n) is 7.65. The molecule has 0 spiro atoms. The molecule has 2 fully saturated rings. The summed E-state index contributed by atoms with van der Waals surface area (Å²) in [6.07, 6.45) is 3.14. The van der Waals surface area contributed by atoms with Crippen LogP contribution in [0.2, 0.25) is 0 Å². The number of rotatable bonds is 5. The van der Waals surface area contributed by atoms with E-state index in [0.29, 0.717) is 38.1 Å². The second-order valence-electron chi connectivity index (χ2n) is 6.03. The maximum Gasteiger partial charge on any atom is 0.232 e. The highest BCUT2D eigenvalue weighted by Crippen LogP contribution is 2.23. The number of carbonyl (C=O) groups is 3. The van der Waals surface area contributed by atoms with E-state index in [1.807, 2.05) is 11.8 Å². The first-order chi connectivity index (χ1) is 9.52. The molecule has 0 N–H and O–H groups in total. The van der Waals surface area contributed by atoms with Crippen LogP contribution in [0.1, 0.15) is 46.0 Å². The van der Waals surface area contributed by atoms with Crippen molar-refractivity contribution in [1.29, 1.82) is 0 Å². The van der Waals surface area contributed by atoms with E-state index in [1.165, 1.54) is 4.90 Å². The number of nitrogens with zero attached hydrogens (tertiary/aromatic N) is 2. The van der Waals surface area contributed by atoms with Crippen LogP contribution in [0, 0.1) is 11.8 Å². The van der Waals surface area contributed by atoms with E-state index in [2.05, 4.69) is 6.92 Å². The van der Waals surface area contributed by atoms with Crippen molar-refractivity contribution in [2.75, 3.05) is 19.6 Å². The van der Waals surface area contributed by atoms with Gasteiger partial charge in [-0.2, -0.15) is 0 Å². The molecule has 3 amide bonds. The van der Waals surface area contributed by atoms with Crippen LogP contribution in [0.4, 0.5) is 0 Å². The predicted molar refractivity (Wildman–Crippen MR) is 74.7 cm³/mol. The van der Waals surface area contributed by atoms with Gasteiger partial charge in [-0.15, -0.1) is 0 Å². The molecule has 2 aliphatic rings. The highest BCUT2D eigenvalue weighted by Gasteiger charge is 2.36. The Kier molecular flexibility index (Phi) is 4.78. The van der Waals surface area contributed by atoms with Crippen molar-refractivity contribution in [1.82, 2.24) is 9.80 Å². The highest BCUT2D eigenvalue weighted by atomic mass is 16.2. The zero-order valence-electron chi connectivity index (χ0n) is 12.4. The quantitative estimate of drug-likeness (QED) is 0.716. The summed E-state index contributed by atoms with van der Waals surface area (Å²) >= 11 is 0. The Hall–Kier alpha value is -1.39. The summed E-state index contributed by atoms with van der Waals surface area (Å²) in [4.78, 5) is 38.9. The molecule has 2 saturated heterocycles. The second-order valence-corrected chi connectivity index (χ2v) is 6.03. The van der Waals surface area contributed by atoms with Crippen molar-refractivity contribution in [2.24, 2.45) is 11.8 Å². The molecule has 2 atom stereocenters. The number of carbonyl (C=O) groups excluding carboxylic acids is 3. The molecule has 20 heavy (non-hydrogen) atoms. The molecule has 1 unspecified atom stereocenters. The minimum atomic E-state index is -0.141. The first-order valence-corrected chi connectivity index (χ1v) is 7.65. The van der Waals surface area contributed by atoms with Crippen molar-refractivity contribution in [3.8, 4) is 0 Å². The number of hydrogen-bond donors (Lipinski definition) is 0. The Balaban J connectivity index is 1.74. The Labute approximate surface area is 120 Å². The van der Waals surface area contributed by atoms with E-state index >= 15 is 0 Å². The predicted octanol–water partition coefficient (Wildman–Crippen LogP) is 1.42. The van der Waals surface area contributed by atoms with Crippen LogP contribution in [-0.2, 0) is 14.4 Å². The van der Waals surface area contributed by atoms with Crippen LogP contribution in [0.15, 0.2) is 0 Å². The zero-order chi connectivity index (χ0) is 14.7. The molecule has 5 heteroatoms. The maximum absolute atomic E-state index is 12.0. The van der Waals surface area contributed by atoms with Crippen LogP contribution in [0.25, 0.3) is 0 Å². The lowest BCUT2D eigenvalue weighted by molar-refractivity contribution is -0.140. The van der Waals surface area contributed by atoms with Gasteiger partial charge in [0.2, 0.25) is 17.7 Å². The third-order valence-corrected chi connectivity index (χ3v) is 4.38. The number of likely N-dealkylation sites (tertiary alicyclic amines) is 2. The summed E-state index contributed by atoms with van der Waals surface area (Å²) in [5.41, 5.74) is 0. The largest absolute Gasteiger partial charge is 0.342 e. The molecular weight excluding hydrogens is 256 g/mol. The lowest BCUT2D eigenvalue weighted by Gasteiger charge is -2.18. The Morgan fingerprint density at radius 2 is 2.10 bits per heavy atom. The van der Waals surface area contributed by atoms with Crippen molar-refractivity contribution in [3.63, 3.8) is 0 Å². The van der Waals surface area contributed by atoms with Gasteiger partial charge in [0.25, 0.3) is 0 Å². The Morgan fingerprint density at radius 1 is 1.35 bits per heavy atom. The van der Waals surface area contributed by atoms with Gasteiger partial charge in [0, 0.05) is 38.4 Å². The topological polar surface area (TPSA) is 57.7 Å². The smallest absolute Gasteiger partial charge is 0.232 e. The minimum Gasteiger partial charge on any atom is -0.342 e. The number of imide groups is 1.